The molecule has 0 saturated carbocycles. The van der Waals surface area contributed by atoms with Gasteiger partial charge < -0.3 is 0 Å². The smallest absolute Gasteiger partial charge is 0.271 e. The molecule has 1 aliphatic heterocycles. The van der Waals surface area contributed by atoms with E-state index in [4.69, 9.17) is 0 Å². The summed E-state index contributed by atoms with van der Waals surface area (Å²) >= 11 is 0. The predicted molar refractivity (Wildman–Crippen MR) is 74.4 cm³/mol. The summed E-state index contributed by atoms with van der Waals surface area (Å²) < 4.78 is 3.52. The third-order valence-corrected chi connectivity index (χ3v) is 4.05. The maximum absolute atomic E-state index is 12.5. The van der Waals surface area contributed by atoms with E-state index in [1.54, 1.807) is 4.68 Å². The molecule has 4 heteroatoms. The number of benzene rings is 1. The lowest BCUT2D eigenvalue weighted by Gasteiger charge is -2.13. The number of hydrogen-bond acceptors (Lipinski definition) is 2. The minimum atomic E-state index is 0.0377. The molecule has 1 aromatic carbocycles. The Labute approximate surface area is 112 Å². The Kier molecular flexibility index (Phi) is 3.01. The van der Waals surface area contributed by atoms with Crippen LogP contribution in [0, 0.1) is 0 Å². The normalized spacial score (nSPS) is 19.4. The van der Waals surface area contributed by atoms with Gasteiger partial charge in [-0.25, -0.2) is 9.48 Å². The summed E-state index contributed by atoms with van der Waals surface area (Å²) in [6.45, 7) is 4.12. The second kappa shape index (κ2) is 4.68. The van der Waals surface area contributed by atoms with Gasteiger partial charge in [-0.1, -0.05) is 37.3 Å². The van der Waals surface area contributed by atoms with Crippen LogP contribution in [-0.2, 0) is 6.42 Å². The first-order chi connectivity index (χ1) is 9.22. The van der Waals surface area contributed by atoms with Crippen molar-refractivity contribution in [2.75, 3.05) is 0 Å². The van der Waals surface area contributed by atoms with Gasteiger partial charge in [0.05, 0.1) is 12.1 Å². The van der Waals surface area contributed by atoms with Crippen LogP contribution in [0.5, 0.6) is 0 Å². The molecule has 4 nitrogen and oxygen atoms in total. The zero-order valence-corrected chi connectivity index (χ0v) is 11.4. The Morgan fingerprint density at radius 1 is 1.37 bits per heavy atom. The van der Waals surface area contributed by atoms with Crippen LogP contribution in [0.25, 0.3) is 0 Å². The lowest BCUT2D eigenvalue weighted by atomic mass is 10.1. The molecule has 2 heterocycles. The van der Waals surface area contributed by atoms with Crippen LogP contribution < -0.4 is 5.69 Å². The Morgan fingerprint density at radius 3 is 2.79 bits per heavy atom. The third kappa shape index (κ3) is 1.91. The highest BCUT2D eigenvalue weighted by Crippen LogP contribution is 2.29. The molecule has 1 aromatic heterocycles. The molecular formula is C15H19N3O. The third-order valence-electron chi connectivity index (χ3n) is 4.05. The maximum Gasteiger partial charge on any atom is 0.346 e. The molecule has 0 spiro atoms. The van der Waals surface area contributed by atoms with Crippen molar-refractivity contribution in [1.29, 1.82) is 0 Å². The van der Waals surface area contributed by atoms with Gasteiger partial charge in [-0.15, -0.1) is 0 Å². The van der Waals surface area contributed by atoms with Gasteiger partial charge in [0.1, 0.15) is 5.82 Å². The number of hydrogen-bond donors (Lipinski definition) is 0. The molecule has 1 aliphatic rings. The van der Waals surface area contributed by atoms with Crippen LogP contribution in [0.1, 0.15) is 50.2 Å². The van der Waals surface area contributed by atoms with Crippen molar-refractivity contribution in [3.63, 3.8) is 0 Å². The van der Waals surface area contributed by atoms with Gasteiger partial charge in [0, 0.05) is 6.42 Å². The molecule has 0 N–H and O–H groups in total. The topological polar surface area (TPSA) is 39.8 Å². The number of fused-ring (bicyclic) bond motifs is 1. The molecule has 0 aliphatic carbocycles. The number of aromatic nitrogens is 3. The van der Waals surface area contributed by atoms with Gasteiger partial charge in [-0.05, 0) is 25.3 Å². The van der Waals surface area contributed by atoms with Crippen molar-refractivity contribution in [2.45, 2.75) is 45.2 Å². The van der Waals surface area contributed by atoms with E-state index in [0.717, 1.165) is 25.1 Å². The first-order valence-corrected chi connectivity index (χ1v) is 6.97. The minimum absolute atomic E-state index is 0.0377. The van der Waals surface area contributed by atoms with E-state index in [2.05, 4.69) is 24.2 Å². The number of rotatable bonds is 3. The lowest BCUT2D eigenvalue weighted by molar-refractivity contribution is 0.444. The number of aryl methyl sites for hydroxylation is 1. The SMILES string of the molecule is CCC(C)n1nc2n(c1=O)[C@H](c1ccccc1)CC2. The van der Waals surface area contributed by atoms with Gasteiger partial charge >= 0.3 is 5.69 Å². The van der Waals surface area contributed by atoms with E-state index in [1.165, 1.54) is 5.56 Å². The Balaban J connectivity index is 2.05. The Morgan fingerprint density at radius 2 is 2.11 bits per heavy atom. The van der Waals surface area contributed by atoms with Crippen LogP contribution in [0.4, 0.5) is 0 Å². The fourth-order valence-electron chi connectivity index (χ4n) is 2.77. The second-order valence-corrected chi connectivity index (χ2v) is 5.24. The molecule has 2 atom stereocenters. The Hall–Kier alpha value is -1.84. The van der Waals surface area contributed by atoms with E-state index >= 15 is 0 Å². The summed E-state index contributed by atoms with van der Waals surface area (Å²) in [7, 11) is 0. The summed E-state index contributed by atoms with van der Waals surface area (Å²) in [4.78, 5) is 12.5. The molecule has 19 heavy (non-hydrogen) atoms. The number of nitrogens with zero attached hydrogens (tertiary/aromatic N) is 3. The molecule has 0 saturated heterocycles. The minimum Gasteiger partial charge on any atom is -0.271 e. The second-order valence-electron chi connectivity index (χ2n) is 5.24. The lowest BCUT2D eigenvalue weighted by Crippen LogP contribution is -2.29. The van der Waals surface area contributed by atoms with Crippen molar-refractivity contribution in [3.05, 3.63) is 52.2 Å². The highest BCUT2D eigenvalue weighted by Gasteiger charge is 2.29. The summed E-state index contributed by atoms with van der Waals surface area (Å²) in [5.74, 6) is 0.930. The van der Waals surface area contributed by atoms with Gasteiger partial charge in [-0.3, -0.25) is 4.57 Å². The van der Waals surface area contributed by atoms with E-state index < -0.39 is 0 Å². The van der Waals surface area contributed by atoms with Crippen LogP contribution in [-0.4, -0.2) is 14.3 Å². The van der Waals surface area contributed by atoms with Crippen molar-refractivity contribution in [2.24, 2.45) is 0 Å². The highest BCUT2D eigenvalue weighted by molar-refractivity contribution is 5.22. The largest absolute Gasteiger partial charge is 0.346 e. The zero-order chi connectivity index (χ0) is 13.4. The van der Waals surface area contributed by atoms with E-state index in [-0.39, 0.29) is 17.8 Å². The molecule has 100 valence electrons. The van der Waals surface area contributed by atoms with Crippen LogP contribution in [0.3, 0.4) is 0 Å². The fourth-order valence-corrected chi connectivity index (χ4v) is 2.77. The molecule has 0 bridgehead atoms. The fraction of sp³-hybridized carbons (Fsp3) is 0.467. The molecule has 2 aromatic rings. The summed E-state index contributed by atoms with van der Waals surface area (Å²) in [5.41, 5.74) is 1.24. The maximum atomic E-state index is 12.5. The monoisotopic (exact) mass is 257 g/mol. The van der Waals surface area contributed by atoms with Crippen LogP contribution in [0.2, 0.25) is 0 Å². The molecule has 1 unspecified atom stereocenters. The van der Waals surface area contributed by atoms with Gasteiger partial charge in [-0.2, -0.15) is 5.10 Å². The van der Waals surface area contributed by atoms with Gasteiger partial charge in [0.2, 0.25) is 0 Å². The first kappa shape index (κ1) is 12.2. The van der Waals surface area contributed by atoms with Crippen molar-refractivity contribution >= 4 is 0 Å². The van der Waals surface area contributed by atoms with E-state index in [9.17, 15) is 4.79 Å². The van der Waals surface area contributed by atoms with Gasteiger partial charge in [0.25, 0.3) is 0 Å². The predicted octanol–water partition coefficient (Wildman–Crippen LogP) is 2.55. The van der Waals surface area contributed by atoms with Crippen molar-refractivity contribution in [3.8, 4) is 0 Å². The molecule has 0 radical (unpaired) electrons. The average molecular weight is 257 g/mol. The molecule has 0 amide bonds. The summed E-state index contributed by atoms with van der Waals surface area (Å²) in [6.07, 6.45) is 2.79. The average Bonchev–Trinajstić information content (AvgIpc) is 3.00. The Bertz CT molecular complexity index is 627. The molecule has 3 rings (SSSR count). The van der Waals surface area contributed by atoms with Crippen molar-refractivity contribution in [1.82, 2.24) is 14.3 Å². The first-order valence-electron chi connectivity index (χ1n) is 6.97. The van der Waals surface area contributed by atoms with Gasteiger partial charge in [0.15, 0.2) is 0 Å². The van der Waals surface area contributed by atoms with Crippen LogP contribution in [0.15, 0.2) is 35.1 Å². The van der Waals surface area contributed by atoms with E-state index in [1.807, 2.05) is 29.7 Å². The highest BCUT2D eigenvalue weighted by atomic mass is 16.2. The summed E-state index contributed by atoms with van der Waals surface area (Å²) in [6, 6.07) is 10.6. The van der Waals surface area contributed by atoms with E-state index in [0.29, 0.717) is 0 Å². The summed E-state index contributed by atoms with van der Waals surface area (Å²) in [5, 5.41) is 4.50. The quantitative estimate of drug-likeness (QED) is 0.847. The standard InChI is InChI=1S/C15H19N3O/c1-3-11(2)18-15(19)17-13(9-10-14(17)16-18)12-7-5-4-6-8-12/h4-8,11,13H,3,9-10H2,1-2H3/t11?,13-/m0/s1. The van der Waals surface area contributed by atoms with Crippen LogP contribution >= 0.6 is 0 Å². The van der Waals surface area contributed by atoms with Crippen molar-refractivity contribution < 1.29 is 0 Å². The zero-order valence-electron chi connectivity index (χ0n) is 11.4. The molecular weight excluding hydrogens is 238 g/mol. The molecule has 0 fully saturated rings.